The number of carbonyl (C=O) groups is 1. The third kappa shape index (κ3) is 4.15. The lowest BCUT2D eigenvalue weighted by Crippen LogP contribution is -2.30. The summed E-state index contributed by atoms with van der Waals surface area (Å²) in [5.74, 6) is 0.437. The molecule has 0 heterocycles. The van der Waals surface area contributed by atoms with Gasteiger partial charge in [-0.3, -0.25) is 4.79 Å². The Kier molecular flexibility index (Phi) is 4.96. The van der Waals surface area contributed by atoms with Crippen LogP contribution in [0.3, 0.4) is 0 Å². The number of ether oxygens (including phenoxy) is 1. The highest BCUT2D eigenvalue weighted by atomic mass is 16.5. The largest absolute Gasteiger partial charge is 0.481 e. The first-order valence-corrected chi connectivity index (χ1v) is 8.08. The Balaban J connectivity index is 1.64. The van der Waals surface area contributed by atoms with Gasteiger partial charge in [-0.2, -0.15) is 5.26 Å². The van der Waals surface area contributed by atoms with Gasteiger partial charge < -0.3 is 10.1 Å². The van der Waals surface area contributed by atoms with Crippen LogP contribution < -0.4 is 10.1 Å². The van der Waals surface area contributed by atoms with Crippen LogP contribution in [0.4, 0.5) is 5.69 Å². The van der Waals surface area contributed by atoms with Crippen LogP contribution in [-0.2, 0) is 11.2 Å². The molecule has 0 saturated heterocycles. The molecule has 0 fully saturated rings. The summed E-state index contributed by atoms with van der Waals surface area (Å²) < 4.78 is 5.76. The molecule has 0 saturated carbocycles. The van der Waals surface area contributed by atoms with Gasteiger partial charge in [-0.15, -0.1) is 0 Å². The van der Waals surface area contributed by atoms with E-state index in [0.717, 1.165) is 16.3 Å². The normalized spacial score (nSPS) is 11.5. The number of fused-ring (bicyclic) bond motifs is 1. The molecule has 4 nitrogen and oxygen atoms in total. The molecule has 0 aliphatic heterocycles. The number of nitrogens with zero attached hydrogens (tertiary/aromatic N) is 1. The molecule has 1 N–H and O–H groups in total. The Morgan fingerprint density at radius 2 is 1.80 bits per heavy atom. The lowest BCUT2D eigenvalue weighted by molar-refractivity contribution is -0.122. The van der Waals surface area contributed by atoms with E-state index in [4.69, 9.17) is 10.00 Å². The second-order valence-electron chi connectivity index (χ2n) is 5.79. The third-order valence-electron chi connectivity index (χ3n) is 3.91. The number of amides is 1. The second-order valence-corrected chi connectivity index (χ2v) is 5.79. The SMILES string of the molecule is C[C@@H](Oc1ccc2ccccc2c1)C(=O)Nc1ccc(CC#N)cc1. The second kappa shape index (κ2) is 7.50. The van der Waals surface area contributed by atoms with E-state index < -0.39 is 6.10 Å². The molecule has 0 aromatic heterocycles. The molecule has 0 aliphatic rings. The van der Waals surface area contributed by atoms with E-state index in [0.29, 0.717) is 17.9 Å². The quantitative estimate of drug-likeness (QED) is 0.758. The van der Waals surface area contributed by atoms with Gasteiger partial charge in [0, 0.05) is 5.69 Å². The smallest absolute Gasteiger partial charge is 0.265 e. The maximum Gasteiger partial charge on any atom is 0.265 e. The minimum Gasteiger partial charge on any atom is -0.481 e. The summed E-state index contributed by atoms with van der Waals surface area (Å²) in [4.78, 5) is 12.3. The molecule has 3 aromatic rings. The summed E-state index contributed by atoms with van der Waals surface area (Å²) in [7, 11) is 0. The fourth-order valence-corrected chi connectivity index (χ4v) is 2.54. The van der Waals surface area contributed by atoms with Crippen molar-refractivity contribution in [2.75, 3.05) is 5.32 Å². The van der Waals surface area contributed by atoms with Gasteiger partial charge in [0.05, 0.1) is 12.5 Å². The van der Waals surface area contributed by atoms with Crippen molar-refractivity contribution in [2.24, 2.45) is 0 Å². The maximum atomic E-state index is 12.3. The monoisotopic (exact) mass is 330 g/mol. The molecule has 3 aromatic carbocycles. The van der Waals surface area contributed by atoms with E-state index in [1.165, 1.54) is 0 Å². The lowest BCUT2D eigenvalue weighted by Gasteiger charge is -2.15. The molecule has 124 valence electrons. The van der Waals surface area contributed by atoms with E-state index in [-0.39, 0.29) is 5.91 Å². The minimum atomic E-state index is -0.625. The summed E-state index contributed by atoms with van der Waals surface area (Å²) in [5, 5.41) is 13.7. The van der Waals surface area contributed by atoms with Crippen LogP contribution in [-0.4, -0.2) is 12.0 Å². The van der Waals surface area contributed by atoms with Crippen LogP contribution in [0, 0.1) is 11.3 Å². The summed E-state index contributed by atoms with van der Waals surface area (Å²) in [6.45, 7) is 1.72. The number of rotatable bonds is 5. The molecule has 0 spiro atoms. The molecular formula is C21H18N2O2. The van der Waals surface area contributed by atoms with Crippen molar-refractivity contribution in [1.29, 1.82) is 5.26 Å². The Bertz CT molecular complexity index is 927. The number of hydrogen-bond donors (Lipinski definition) is 1. The van der Waals surface area contributed by atoms with E-state index in [1.807, 2.05) is 54.6 Å². The molecule has 0 unspecified atom stereocenters. The van der Waals surface area contributed by atoms with Gasteiger partial charge in [0.25, 0.3) is 5.91 Å². The van der Waals surface area contributed by atoms with Gasteiger partial charge in [-0.25, -0.2) is 0 Å². The molecular weight excluding hydrogens is 312 g/mol. The Morgan fingerprint density at radius 1 is 1.08 bits per heavy atom. The van der Waals surface area contributed by atoms with Gasteiger partial charge in [-0.05, 0) is 47.5 Å². The van der Waals surface area contributed by atoms with Crippen LogP contribution in [0.1, 0.15) is 12.5 Å². The van der Waals surface area contributed by atoms with Gasteiger partial charge in [0.1, 0.15) is 5.75 Å². The first-order chi connectivity index (χ1) is 12.2. The van der Waals surface area contributed by atoms with E-state index in [9.17, 15) is 4.79 Å². The number of carbonyl (C=O) groups excluding carboxylic acids is 1. The predicted molar refractivity (Wildman–Crippen MR) is 98.4 cm³/mol. The first kappa shape index (κ1) is 16.5. The Morgan fingerprint density at radius 3 is 2.52 bits per heavy atom. The van der Waals surface area contributed by atoms with Crippen LogP contribution in [0.25, 0.3) is 10.8 Å². The average molecular weight is 330 g/mol. The molecule has 4 heteroatoms. The summed E-state index contributed by atoms with van der Waals surface area (Å²) >= 11 is 0. The topological polar surface area (TPSA) is 62.1 Å². The number of hydrogen-bond acceptors (Lipinski definition) is 3. The van der Waals surface area contributed by atoms with E-state index in [1.54, 1.807) is 19.1 Å². The molecule has 1 atom stereocenters. The summed E-state index contributed by atoms with van der Waals surface area (Å²) in [6, 6.07) is 23.1. The van der Waals surface area contributed by atoms with Gasteiger partial charge in [0.15, 0.2) is 6.10 Å². The lowest BCUT2D eigenvalue weighted by atomic mass is 10.1. The number of anilines is 1. The summed E-state index contributed by atoms with van der Waals surface area (Å²) in [6.07, 6.45) is -0.268. The summed E-state index contributed by atoms with van der Waals surface area (Å²) in [5.41, 5.74) is 1.60. The fraction of sp³-hybridized carbons (Fsp3) is 0.143. The van der Waals surface area contributed by atoms with Crippen LogP contribution in [0.5, 0.6) is 5.75 Å². The van der Waals surface area contributed by atoms with Crippen molar-refractivity contribution in [3.8, 4) is 11.8 Å². The fourth-order valence-electron chi connectivity index (χ4n) is 2.54. The zero-order valence-electron chi connectivity index (χ0n) is 13.9. The molecule has 1 amide bonds. The van der Waals surface area contributed by atoms with Crippen molar-refractivity contribution in [2.45, 2.75) is 19.4 Å². The molecule has 25 heavy (non-hydrogen) atoms. The highest BCUT2D eigenvalue weighted by Gasteiger charge is 2.15. The standard InChI is InChI=1S/C21H18N2O2/c1-15(21(24)23-19-9-6-16(7-10-19)12-13-22)25-20-11-8-17-4-2-3-5-18(17)14-20/h2-11,14-15H,12H2,1H3,(H,23,24)/t15-/m1/s1. The van der Waals surface area contributed by atoms with Crippen molar-refractivity contribution in [3.05, 3.63) is 72.3 Å². The van der Waals surface area contributed by atoms with E-state index >= 15 is 0 Å². The van der Waals surface area contributed by atoms with Crippen molar-refractivity contribution < 1.29 is 9.53 Å². The third-order valence-corrected chi connectivity index (χ3v) is 3.91. The van der Waals surface area contributed by atoms with Crippen molar-refractivity contribution >= 4 is 22.4 Å². The van der Waals surface area contributed by atoms with Crippen LogP contribution in [0.15, 0.2) is 66.7 Å². The zero-order chi connectivity index (χ0) is 17.6. The molecule has 0 bridgehead atoms. The predicted octanol–water partition coefficient (Wildman–Crippen LogP) is 4.31. The van der Waals surface area contributed by atoms with Gasteiger partial charge in [0.2, 0.25) is 0 Å². The molecule has 3 rings (SSSR count). The van der Waals surface area contributed by atoms with Crippen molar-refractivity contribution in [3.63, 3.8) is 0 Å². The highest BCUT2D eigenvalue weighted by molar-refractivity contribution is 5.94. The average Bonchev–Trinajstić information content (AvgIpc) is 2.63. The number of benzene rings is 3. The van der Waals surface area contributed by atoms with Crippen molar-refractivity contribution in [1.82, 2.24) is 0 Å². The van der Waals surface area contributed by atoms with Gasteiger partial charge >= 0.3 is 0 Å². The number of nitriles is 1. The van der Waals surface area contributed by atoms with E-state index in [2.05, 4.69) is 11.4 Å². The number of nitrogens with one attached hydrogen (secondary N) is 1. The maximum absolute atomic E-state index is 12.3. The van der Waals surface area contributed by atoms with Crippen LogP contribution >= 0.6 is 0 Å². The first-order valence-electron chi connectivity index (χ1n) is 8.08. The minimum absolute atomic E-state index is 0.221. The highest BCUT2D eigenvalue weighted by Crippen LogP contribution is 2.21. The molecule has 0 aliphatic carbocycles. The van der Waals surface area contributed by atoms with Gasteiger partial charge in [-0.1, -0.05) is 42.5 Å². The van der Waals surface area contributed by atoms with Crippen LogP contribution in [0.2, 0.25) is 0 Å². The Hall–Kier alpha value is -3.32. The Labute approximate surface area is 146 Å². The zero-order valence-corrected chi connectivity index (χ0v) is 13.9. The molecule has 0 radical (unpaired) electrons.